The molecule has 0 rings (SSSR count). The van der Waals surface area contributed by atoms with Crippen molar-refractivity contribution in [1.82, 2.24) is 5.32 Å². The molecule has 0 aromatic heterocycles. The second-order valence-corrected chi connectivity index (χ2v) is 5.01. The first-order valence-corrected chi connectivity index (χ1v) is 6.58. The fourth-order valence-corrected chi connectivity index (χ4v) is 1.79. The van der Waals surface area contributed by atoms with E-state index in [0.29, 0.717) is 0 Å². The van der Waals surface area contributed by atoms with Crippen molar-refractivity contribution in [2.24, 2.45) is 5.92 Å². The van der Waals surface area contributed by atoms with Crippen LogP contribution in [0.2, 0.25) is 0 Å². The molecular weight excluding hydrogens is 202 g/mol. The van der Waals surface area contributed by atoms with E-state index in [1.54, 1.807) is 0 Å². The Bertz CT molecular complexity index is 158. The predicted octanol–water partition coefficient (Wildman–Crippen LogP) is 1.93. The number of aliphatic hydroxyl groups excluding tert-OH is 2. The number of hydrogen-bond acceptors (Lipinski definition) is 3. The molecule has 0 aromatic rings. The standard InChI is InChI=1S/C13H29NO2/c1-4-6-7-12(5-2)8-9-14-13(3,10-15)11-16/h12,14-16H,4-11H2,1-3H3. The van der Waals surface area contributed by atoms with Crippen LogP contribution in [-0.2, 0) is 0 Å². The smallest absolute Gasteiger partial charge is 0.0633 e. The molecule has 0 radical (unpaired) electrons. The van der Waals surface area contributed by atoms with Gasteiger partial charge in [-0.2, -0.15) is 0 Å². The molecule has 0 aliphatic carbocycles. The average molecular weight is 231 g/mol. The van der Waals surface area contributed by atoms with Gasteiger partial charge >= 0.3 is 0 Å². The fraction of sp³-hybridized carbons (Fsp3) is 1.00. The van der Waals surface area contributed by atoms with Gasteiger partial charge in [0, 0.05) is 0 Å². The molecule has 0 saturated carbocycles. The molecule has 3 heteroatoms. The zero-order chi connectivity index (χ0) is 12.4. The Morgan fingerprint density at radius 3 is 2.19 bits per heavy atom. The molecule has 0 aromatic carbocycles. The third kappa shape index (κ3) is 6.46. The predicted molar refractivity (Wildman–Crippen MR) is 68.5 cm³/mol. The lowest BCUT2D eigenvalue weighted by Gasteiger charge is -2.27. The lowest BCUT2D eigenvalue weighted by molar-refractivity contribution is 0.103. The van der Waals surface area contributed by atoms with Crippen LogP contribution in [0.1, 0.15) is 52.9 Å². The zero-order valence-corrected chi connectivity index (χ0v) is 11.1. The van der Waals surface area contributed by atoms with Gasteiger partial charge in [0.15, 0.2) is 0 Å². The maximum atomic E-state index is 9.13. The minimum atomic E-state index is -0.525. The summed E-state index contributed by atoms with van der Waals surface area (Å²) in [6.45, 7) is 7.14. The molecule has 98 valence electrons. The molecule has 0 fully saturated rings. The summed E-state index contributed by atoms with van der Waals surface area (Å²) in [6.07, 6.45) is 6.21. The summed E-state index contributed by atoms with van der Waals surface area (Å²) >= 11 is 0. The molecule has 0 amide bonds. The summed E-state index contributed by atoms with van der Waals surface area (Å²) in [7, 11) is 0. The van der Waals surface area contributed by atoms with Gasteiger partial charge < -0.3 is 15.5 Å². The van der Waals surface area contributed by atoms with Crippen molar-refractivity contribution >= 4 is 0 Å². The number of unbranched alkanes of at least 4 members (excludes halogenated alkanes) is 1. The van der Waals surface area contributed by atoms with E-state index in [4.69, 9.17) is 10.2 Å². The highest BCUT2D eigenvalue weighted by Gasteiger charge is 2.21. The molecule has 0 spiro atoms. The second-order valence-electron chi connectivity index (χ2n) is 5.01. The van der Waals surface area contributed by atoms with E-state index in [1.165, 1.54) is 25.7 Å². The molecule has 16 heavy (non-hydrogen) atoms. The summed E-state index contributed by atoms with van der Waals surface area (Å²) in [4.78, 5) is 0. The van der Waals surface area contributed by atoms with Gasteiger partial charge in [0.1, 0.15) is 0 Å². The Balaban J connectivity index is 3.76. The van der Waals surface area contributed by atoms with E-state index in [9.17, 15) is 0 Å². The van der Waals surface area contributed by atoms with E-state index in [-0.39, 0.29) is 13.2 Å². The van der Waals surface area contributed by atoms with Crippen molar-refractivity contribution in [3.05, 3.63) is 0 Å². The summed E-state index contributed by atoms with van der Waals surface area (Å²) < 4.78 is 0. The summed E-state index contributed by atoms with van der Waals surface area (Å²) in [5, 5.41) is 21.5. The largest absolute Gasteiger partial charge is 0.394 e. The van der Waals surface area contributed by atoms with Crippen LogP contribution in [0.25, 0.3) is 0 Å². The SMILES string of the molecule is CCCCC(CC)CCNC(C)(CO)CO. The minimum Gasteiger partial charge on any atom is -0.394 e. The van der Waals surface area contributed by atoms with Crippen molar-refractivity contribution in [2.75, 3.05) is 19.8 Å². The van der Waals surface area contributed by atoms with Crippen LogP contribution in [0.4, 0.5) is 0 Å². The number of hydrogen-bond donors (Lipinski definition) is 3. The summed E-state index contributed by atoms with van der Waals surface area (Å²) in [6, 6.07) is 0. The molecule has 0 aliphatic heterocycles. The van der Waals surface area contributed by atoms with Crippen LogP contribution in [0, 0.1) is 5.92 Å². The van der Waals surface area contributed by atoms with E-state index in [1.807, 2.05) is 6.92 Å². The van der Waals surface area contributed by atoms with Gasteiger partial charge in [-0.25, -0.2) is 0 Å². The molecule has 0 saturated heterocycles. The zero-order valence-electron chi connectivity index (χ0n) is 11.1. The quantitative estimate of drug-likeness (QED) is 0.538. The first kappa shape index (κ1) is 15.9. The molecule has 1 unspecified atom stereocenters. The van der Waals surface area contributed by atoms with Crippen LogP contribution in [0.15, 0.2) is 0 Å². The second kappa shape index (κ2) is 8.97. The van der Waals surface area contributed by atoms with Gasteiger partial charge in [0.25, 0.3) is 0 Å². The van der Waals surface area contributed by atoms with E-state index in [0.717, 1.165) is 18.9 Å². The first-order chi connectivity index (χ1) is 7.61. The van der Waals surface area contributed by atoms with Crippen molar-refractivity contribution in [3.8, 4) is 0 Å². The average Bonchev–Trinajstić information content (AvgIpc) is 2.33. The Hall–Kier alpha value is -0.120. The van der Waals surface area contributed by atoms with E-state index >= 15 is 0 Å². The van der Waals surface area contributed by atoms with Gasteiger partial charge in [-0.3, -0.25) is 0 Å². The van der Waals surface area contributed by atoms with Crippen LogP contribution >= 0.6 is 0 Å². The normalized spacial score (nSPS) is 14.1. The van der Waals surface area contributed by atoms with Crippen molar-refractivity contribution < 1.29 is 10.2 Å². The Morgan fingerprint density at radius 2 is 1.75 bits per heavy atom. The van der Waals surface area contributed by atoms with Gasteiger partial charge in [0.2, 0.25) is 0 Å². The highest BCUT2D eigenvalue weighted by Crippen LogP contribution is 2.16. The van der Waals surface area contributed by atoms with E-state index in [2.05, 4.69) is 19.2 Å². The molecule has 3 nitrogen and oxygen atoms in total. The van der Waals surface area contributed by atoms with Crippen LogP contribution in [0.5, 0.6) is 0 Å². The maximum absolute atomic E-state index is 9.13. The molecule has 3 N–H and O–H groups in total. The lowest BCUT2D eigenvalue weighted by Crippen LogP contribution is -2.49. The summed E-state index contributed by atoms with van der Waals surface area (Å²) in [5.41, 5.74) is -0.525. The Labute approximate surface area is 100 Å². The Morgan fingerprint density at radius 1 is 1.12 bits per heavy atom. The summed E-state index contributed by atoms with van der Waals surface area (Å²) in [5.74, 6) is 0.772. The monoisotopic (exact) mass is 231 g/mol. The van der Waals surface area contributed by atoms with Crippen molar-refractivity contribution in [2.45, 2.75) is 58.4 Å². The highest BCUT2D eigenvalue weighted by molar-refractivity contribution is 4.81. The lowest BCUT2D eigenvalue weighted by atomic mass is 9.95. The molecule has 0 heterocycles. The molecule has 1 atom stereocenters. The van der Waals surface area contributed by atoms with Crippen molar-refractivity contribution in [3.63, 3.8) is 0 Å². The van der Waals surface area contributed by atoms with Crippen LogP contribution in [0.3, 0.4) is 0 Å². The first-order valence-electron chi connectivity index (χ1n) is 6.58. The van der Waals surface area contributed by atoms with Gasteiger partial charge in [-0.1, -0.05) is 39.5 Å². The van der Waals surface area contributed by atoms with Crippen LogP contribution < -0.4 is 5.32 Å². The van der Waals surface area contributed by atoms with Crippen LogP contribution in [-0.4, -0.2) is 35.5 Å². The van der Waals surface area contributed by atoms with Gasteiger partial charge in [-0.15, -0.1) is 0 Å². The fourth-order valence-electron chi connectivity index (χ4n) is 1.79. The molecular formula is C13H29NO2. The third-order valence-electron chi connectivity index (χ3n) is 3.35. The number of nitrogens with one attached hydrogen (secondary N) is 1. The van der Waals surface area contributed by atoms with Gasteiger partial charge in [0.05, 0.1) is 18.8 Å². The number of aliphatic hydroxyl groups is 2. The topological polar surface area (TPSA) is 52.5 Å². The molecule has 0 aliphatic rings. The minimum absolute atomic E-state index is 0.0186. The van der Waals surface area contributed by atoms with Crippen molar-refractivity contribution in [1.29, 1.82) is 0 Å². The Kier molecular flexibility index (Phi) is 8.90. The van der Waals surface area contributed by atoms with Gasteiger partial charge in [-0.05, 0) is 25.8 Å². The maximum Gasteiger partial charge on any atom is 0.0633 e. The highest BCUT2D eigenvalue weighted by atomic mass is 16.3. The van der Waals surface area contributed by atoms with E-state index < -0.39 is 5.54 Å². The molecule has 0 bridgehead atoms. The number of rotatable bonds is 10. The third-order valence-corrected chi connectivity index (χ3v) is 3.35.